The van der Waals surface area contributed by atoms with Gasteiger partial charge in [-0.1, -0.05) is 25.1 Å². The van der Waals surface area contributed by atoms with Gasteiger partial charge in [0.25, 0.3) is 5.56 Å². The van der Waals surface area contributed by atoms with Crippen molar-refractivity contribution in [1.29, 1.82) is 0 Å². The predicted molar refractivity (Wildman–Crippen MR) is 117 cm³/mol. The van der Waals surface area contributed by atoms with Gasteiger partial charge in [-0.15, -0.1) is 0 Å². The molecule has 0 bridgehead atoms. The minimum atomic E-state index is -0.302. The number of rotatable bonds is 4. The Labute approximate surface area is 178 Å². The smallest absolute Gasteiger partial charge is 0.262 e. The maximum atomic E-state index is 14.1. The van der Waals surface area contributed by atoms with Gasteiger partial charge in [-0.05, 0) is 31.9 Å². The SMILES string of the molecule is CC(C)n1ncc2c(=O)[nH]c([C@@H]3CN(Cc4ccc5cccc(F)c5n4)C[C@H]3C)nc21. The van der Waals surface area contributed by atoms with Gasteiger partial charge in [0.05, 0.1) is 11.9 Å². The van der Waals surface area contributed by atoms with Crippen molar-refractivity contribution in [2.75, 3.05) is 13.1 Å². The van der Waals surface area contributed by atoms with E-state index in [0.29, 0.717) is 34.8 Å². The average molecular weight is 420 g/mol. The molecule has 2 atom stereocenters. The fourth-order valence-electron chi connectivity index (χ4n) is 4.53. The molecule has 0 spiro atoms. The number of fused-ring (bicyclic) bond motifs is 2. The van der Waals surface area contributed by atoms with E-state index in [0.717, 1.165) is 24.2 Å². The van der Waals surface area contributed by atoms with E-state index in [1.165, 1.54) is 6.07 Å². The van der Waals surface area contributed by atoms with Crippen LogP contribution in [0.25, 0.3) is 21.9 Å². The molecule has 1 fully saturated rings. The van der Waals surface area contributed by atoms with Crippen LogP contribution in [0.5, 0.6) is 0 Å². The van der Waals surface area contributed by atoms with Gasteiger partial charge in [0.2, 0.25) is 0 Å². The van der Waals surface area contributed by atoms with Gasteiger partial charge in [-0.25, -0.2) is 19.0 Å². The monoisotopic (exact) mass is 420 g/mol. The Hall–Kier alpha value is -3.13. The average Bonchev–Trinajstić information content (AvgIpc) is 3.32. The molecule has 7 nitrogen and oxygen atoms in total. The molecule has 0 unspecified atom stereocenters. The number of H-pyrrole nitrogens is 1. The maximum absolute atomic E-state index is 14.1. The molecule has 1 aliphatic rings. The lowest BCUT2D eigenvalue weighted by molar-refractivity contribution is 0.315. The lowest BCUT2D eigenvalue weighted by Crippen LogP contribution is -2.22. The fourth-order valence-corrected chi connectivity index (χ4v) is 4.53. The first kappa shape index (κ1) is 19.8. The first-order valence-electron chi connectivity index (χ1n) is 10.6. The molecular formula is C23H25FN6O. The van der Waals surface area contributed by atoms with Crippen LogP contribution in [0, 0.1) is 11.7 Å². The van der Waals surface area contributed by atoms with Crippen molar-refractivity contribution < 1.29 is 4.39 Å². The van der Waals surface area contributed by atoms with Gasteiger partial charge in [-0.3, -0.25) is 9.69 Å². The highest BCUT2D eigenvalue weighted by Crippen LogP contribution is 2.31. The summed E-state index contributed by atoms with van der Waals surface area (Å²) in [5, 5.41) is 5.65. The van der Waals surface area contributed by atoms with E-state index in [9.17, 15) is 9.18 Å². The molecule has 0 radical (unpaired) electrons. The largest absolute Gasteiger partial charge is 0.310 e. The van der Waals surface area contributed by atoms with Crippen LogP contribution in [0.4, 0.5) is 4.39 Å². The lowest BCUT2D eigenvalue weighted by atomic mass is 9.97. The number of nitrogens with zero attached hydrogens (tertiary/aromatic N) is 5. The van der Waals surface area contributed by atoms with E-state index >= 15 is 0 Å². The van der Waals surface area contributed by atoms with E-state index in [-0.39, 0.29) is 23.3 Å². The van der Waals surface area contributed by atoms with E-state index in [2.05, 4.69) is 26.9 Å². The molecule has 31 heavy (non-hydrogen) atoms. The highest BCUT2D eigenvalue weighted by molar-refractivity contribution is 5.79. The Bertz CT molecular complexity index is 1330. The summed E-state index contributed by atoms with van der Waals surface area (Å²) >= 11 is 0. The van der Waals surface area contributed by atoms with Crippen molar-refractivity contribution in [3.8, 4) is 0 Å². The Morgan fingerprint density at radius 3 is 2.84 bits per heavy atom. The number of hydrogen-bond donors (Lipinski definition) is 1. The molecule has 8 heteroatoms. The molecular weight excluding hydrogens is 395 g/mol. The molecule has 0 aliphatic carbocycles. The minimum Gasteiger partial charge on any atom is -0.310 e. The molecule has 4 aromatic rings. The molecule has 0 saturated carbocycles. The van der Waals surface area contributed by atoms with Crippen molar-refractivity contribution in [3.05, 3.63) is 64.2 Å². The summed E-state index contributed by atoms with van der Waals surface area (Å²) in [5.74, 6) is 0.814. The summed E-state index contributed by atoms with van der Waals surface area (Å²) < 4.78 is 15.9. The molecule has 4 heterocycles. The van der Waals surface area contributed by atoms with Crippen molar-refractivity contribution >= 4 is 21.9 Å². The first-order chi connectivity index (χ1) is 14.9. The second-order valence-electron chi connectivity index (χ2n) is 8.76. The number of para-hydroxylation sites is 1. The van der Waals surface area contributed by atoms with Crippen LogP contribution in [-0.4, -0.2) is 42.7 Å². The van der Waals surface area contributed by atoms with Crippen LogP contribution < -0.4 is 5.56 Å². The van der Waals surface area contributed by atoms with E-state index in [1.54, 1.807) is 16.9 Å². The van der Waals surface area contributed by atoms with Crippen molar-refractivity contribution in [2.45, 2.75) is 39.3 Å². The highest BCUT2D eigenvalue weighted by atomic mass is 19.1. The fraction of sp³-hybridized carbons (Fsp3) is 0.391. The Kier molecular flexibility index (Phi) is 4.81. The maximum Gasteiger partial charge on any atom is 0.262 e. The van der Waals surface area contributed by atoms with E-state index < -0.39 is 0 Å². The third kappa shape index (κ3) is 3.50. The summed E-state index contributed by atoms with van der Waals surface area (Å²) in [5.41, 5.74) is 1.72. The van der Waals surface area contributed by atoms with Crippen LogP contribution in [0.1, 0.15) is 44.2 Å². The standard InChI is InChI=1S/C23H25FN6O/c1-13(2)30-22-17(9-25-30)23(31)28-21(27-22)18-12-29(10-14(18)3)11-16-8-7-15-5-4-6-19(24)20(15)26-16/h4-9,13-14,18H,10-12H2,1-3H3,(H,27,28,31)/t14-,18-/m1/s1. The number of hydrogen-bond acceptors (Lipinski definition) is 5. The molecule has 1 aromatic carbocycles. The summed E-state index contributed by atoms with van der Waals surface area (Å²) in [6.45, 7) is 8.45. The summed E-state index contributed by atoms with van der Waals surface area (Å²) in [4.78, 5) is 27.2. The lowest BCUT2D eigenvalue weighted by Gasteiger charge is -2.16. The third-order valence-electron chi connectivity index (χ3n) is 6.12. The third-order valence-corrected chi connectivity index (χ3v) is 6.12. The van der Waals surface area contributed by atoms with Crippen LogP contribution >= 0.6 is 0 Å². The van der Waals surface area contributed by atoms with Crippen LogP contribution in [0.2, 0.25) is 0 Å². The molecule has 1 N–H and O–H groups in total. The zero-order valence-electron chi connectivity index (χ0n) is 17.8. The summed E-state index contributed by atoms with van der Waals surface area (Å²) in [6.07, 6.45) is 1.58. The number of nitrogens with one attached hydrogen (secondary N) is 1. The first-order valence-corrected chi connectivity index (χ1v) is 10.6. The molecule has 0 amide bonds. The quantitative estimate of drug-likeness (QED) is 0.545. The van der Waals surface area contributed by atoms with Gasteiger partial charge >= 0.3 is 0 Å². The minimum absolute atomic E-state index is 0.102. The Morgan fingerprint density at radius 1 is 1.19 bits per heavy atom. The second-order valence-corrected chi connectivity index (χ2v) is 8.76. The van der Waals surface area contributed by atoms with Gasteiger partial charge < -0.3 is 4.98 Å². The zero-order valence-corrected chi connectivity index (χ0v) is 17.8. The molecule has 1 aliphatic heterocycles. The number of halogens is 1. The Balaban J connectivity index is 1.41. The topological polar surface area (TPSA) is 79.7 Å². The number of benzene rings is 1. The van der Waals surface area contributed by atoms with E-state index in [1.807, 2.05) is 32.0 Å². The van der Waals surface area contributed by atoms with Gasteiger partial charge in [-0.2, -0.15) is 5.10 Å². The van der Waals surface area contributed by atoms with Crippen LogP contribution in [-0.2, 0) is 6.54 Å². The molecule has 160 valence electrons. The molecule has 1 saturated heterocycles. The van der Waals surface area contributed by atoms with Gasteiger partial charge in [0, 0.05) is 37.0 Å². The number of aromatic nitrogens is 5. The molecule has 3 aromatic heterocycles. The normalized spacial score (nSPS) is 19.8. The number of pyridine rings is 1. The predicted octanol–water partition coefficient (Wildman–Crippen LogP) is 3.62. The summed E-state index contributed by atoms with van der Waals surface area (Å²) in [7, 11) is 0. The highest BCUT2D eigenvalue weighted by Gasteiger charge is 2.33. The van der Waals surface area contributed by atoms with E-state index in [4.69, 9.17) is 4.98 Å². The van der Waals surface area contributed by atoms with Crippen LogP contribution in [0.15, 0.2) is 41.3 Å². The van der Waals surface area contributed by atoms with Crippen molar-refractivity contribution in [3.63, 3.8) is 0 Å². The van der Waals surface area contributed by atoms with Crippen molar-refractivity contribution in [1.82, 2.24) is 29.6 Å². The van der Waals surface area contributed by atoms with Crippen molar-refractivity contribution in [2.24, 2.45) is 5.92 Å². The molecule has 5 rings (SSSR count). The van der Waals surface area contributed by atoms with Gasteiger partial charge in [0.15, 0.2) is 5.65 Å². The zero-order chi connectivity index (χ0) is 21.7. The van der Waals surface area contributed by atoms with Crippen LogP contribution in [0.3, 0.4) is 0 Å². The summed E-state index contributed by atoms with van der Waals surface area (Å²) in [6, 6.07) is 8.99. The second kappa shape index (κ2) is 7.53. The number of aromatic amines is 1. The number of likely N-dealkylation sites (tertiary alicyclic amines) is 1. The van der Waals surface area contributed by atoms with Gasteiger partial charge in [0.1, 0.15) is 22.5 Å². The Morgan fingerprint density at radius 2 is 2.03 bits per heavy atom.